The highest BCUT2D eigenvalue weighted by molar-refractivity contribution is 6.32. The largest absolute Gasteiger partial charge is 0.384 e. The van der Waals surface area contributed by atoms with Gasteiger partial charge < -0.3 is 5.32 Å². The number of hydrogen-bond donors (Lipinski definition) is 1. The summed E-state index contributed by atoms with van der Waals surface area (Å²) in [7, 11) is 0. The average Bonchev–Trinajstić information content (AvgIpc) is 2.38. The molecule has 0 unspecified atom stereocenters. The van der Waals surface area contributed by atoms with E-state index in [0.717, 1.165) is 17.1 Å². The molecule has 1 aliphatic rings. The van der Waals surface area contributed by atoms with Crippen molar-refractivity contribution in [2.45, 2.75) is 33.1 Å². The molecule has 0 amide bonds. The van der Waals surface area contributed by atoms with E-state index in [1.54, 1.807) is 0 Å². The quantitative estimate of drug-likeness (QED) is 0.688. The van der Waals surface area contributed by atoms with E-state index >= 15 is 0 Å². The summed E-state index contributed by atoms with van der Waals surface area (Å²) in [6, 6.07) is 2.15. The lowest BCUT2D eigenvalue weighted by atomic mass is 9.83. The first-order chi connectivity index (χ1) is 6.43. The molecule has 1 aromatic carbocycles. The number of benzene rings is 1. The van der Waals surface area contributed by atoms with Gasteiger partial charge in [0.1, 0.15) is 0 Å². The molecule has 1 N–H and O–H groups in total. The maximum Gasteiger partial charge on any atom is 0.0468 e. The lowest BCUT2D eigenvalue weighted by molar-refractivity contribution is 0.583. The first kappa shape index (κ1) is 9.85. The van der Waals surface area contributed by atoms with Gasteiger partial charge in [-0.1, -0.05) is 25.4 Å². The summed E-state index contributed by atoms with van der Waals surface area (Å²) in [5.41, 5.74) is 5.24. The third kappa shape index (κ3) is 1.23. The van der Waals surface area contributed by atoms with Gasteiger partial charge in [-0.3, -0.25) is 0 Å². The molecule has 1 aromatic rings. The Kier molecular flexibility index (Phi) is 2.04. The number of aryl methyl sites for hydroxylation is 1. The molecule has 76 valence electrons. The first-order valence-corrected chi connectivity index (χ1v) is 5.35. The van der Waals surface area contributed by atoms with Gasteiger partial charge in [-0.2, -0.15) is 0 Å². The standard InChI is InChI=1S/C12H16ClN/c1-7-5-9-10(8(2)11(7)13)12(3,4)6-14-9/h5,14H,6H2,1-4H3. The summed E-state index contributed by atoms with van der Waals surface area (Å²) in [5.74, 6) is 0. The van der Waals surface area contributed by atoms with Crippen molar-refractivity contribution in [2.24, 2.45) is 0 Å². The fraction of sp³-hybridized carbons (Fsp3) is 0.500. The van der Waals surface area contributed by atoms with Crippen LogP contribution in [-0.2, 0) is 5.41 Å². The zero-order valence-electron chi connectivity index (χ0n) is 9.16. The second-order valence-electron chi connectivity index (χ2n) is 4.79. The van der Waals surface area contributed by atoms with E-state index in [1.807, 2.05) is 0 Å². The zero-order valence-corrected chi connectivity index (χ0v) is 9.92. The van der Waals surface area contributed by atoms with Gasteiger partial charge >= 0.3 is 0 Å². The van der Waals surface area contributed by atoms with Crippen LogP contribution in [0.15, 0.2) is 6.07 Å². The molecule has 0 aromatic heterocycles. The van der Waals surface area contributed by atoms with Crippen LogP contribution in [0.3, 0.4) is 0 Å². The zero-order chi connectivity index (χ0) is 10.5. The Morgan fingerprint density at radius 3 is 2.64 bits per heavy atom. The molecule has 0 saturated carbocycles. The molecule has 2 heteroatoms. The number of fused-ring (bicyclic) bond motifs is 1. The maximum absolute atomic E-state index is 6.26. The van der Waals surface area contributed by atoms with Gasteiger partial charge in [0, 0.05) is 22.7 Å². The van der Waals surface area contributed by atoms with Crippen LogP contribution in [0.4, 0.5) is 5.69 Å². The molecule has 0 bridgehead atoms. The predicted molar refractivity (Wildman–Crippen MR) is 62.4 cm³/mol. The average molecular weight is 210 g/mol. The minimum absolute atomic E-state index is 0.205. The van der Waals surface area contributed by atoms with Crippen LogP contribution in [0.5, 0.6) is 0 Å². The van der Waals surface area contributed by atoms with Crippen LogP contribution in [-0.4, -0.2) is 6.54 Å². The lowest BCUT2D eigenvalue weighted by Crippen LogP contribution is -2.20. The van der Waals surface area contributed by atoms with E-state index in [4.69, 9.17) is 11.6 Å². The molecule has 2 rings (SSSR count). The first-order valence-electron chi connectivity index (χ1n) is 4.97. The van der Waals surface area contributed by atoms with Crippen molar-refractivity contribution in [2.75, 3.05) is 11.9 Å². The molecule has 0 fully saturated rings. The topological polar surface area (TPSA) is 12.0 Å². The van der Waals surface area contributed by atoms with Gasteiger partial charge in [-0.15, -0.1) is 0 Å². The minimum Gasteiger partial charge on any atom is -0.384 e. The predicted octanol–water partition coefficient (Wildman–Crippen LogP) is 3.66. The second-order valence-corrected chi connectivity index (χ2v) is 5.17. The minimum atomic E-state index is 0.205. The lowest BCUT2D eigenvalue weighted by Gasteiger charge is -2.20. The van der Waals surface area contributed by atoms with E-state index in [-0.39, 0.29) is 5.41 Å². The molecule has 14 heavy (non-hydrogen) atoms. The van der Waals surface area contributed by atoms with Crippen LogP contribution in [0, 0.1) is 13.8 Å². The molecule has 0 aliphatic carbocycles. The summed E-state index contributed by atoms with van der Waals surface area (Å²) < 4.78 is 0. The van der Waals surface area contributed by atoms with Crippen LogP contribution in [0.1, 0.15) is 30.5 Å². The molecule has 1 heterocycles. The highest BCUT2D eigenvalue weighted by Gasteiger charge is 2.32. The van der Waals surface area contributed by atoms with Gasteiger partial charge in [0.05, 0.1) is 0 Å². The van der Waals surface area contributed by atoms with Crippen LogP contribution >= 0.6 is 11.6 Å². The SMILES string of the molecule is Cc1cc2c(c(C)c1Cl)C(C)(C)CN2. The van der Waals surface area contributed by atoms with Gasteiger partial charge in [-0.05, 0) is 36.6 Å². The summed E-state index contributed by atoms with van der Waals surface area (Å²) in [4.78, 5) is 0. The number of rotatable bonds is 0. The molecule has 0 atom stereocenters. The number of anilines is 1. The van der Waals surface area contributed by atoms with Gasteiger partial charge in [0.2, 0.25) is 0 Å². The van der Waals surface area contributed by atoms with E-state index in [0.29, 0.717) is 0 Å². The second kappa shape index (κ2) is 2.90. The Morgan fingerprint density at radius 1 is 1.36 bits per heavy atom. The summed E-state index contributed by atoms with van der Waals surface area (Å²) in [6.07, 6.45) is 0. The summed E-state index contributed by atoms with van der Waals surface area (Å²) in [6.45, 7) is 9.68. The number of halogens is 1. The molecular weight excluding hydrogens is 194 g/mol. The Bertz CT molecular complexity index is 394. The highest BCUT2D eigenvalue weighted by Crippen LogP contribution is 2.42. The van der Waals surface area contributed by atoms with Crippen molar-refractivity contribution < 1.29 is 0 Å². The van der Waals surface area contributed by atoms with Crippen molar-refractivity contribution in [1.82, 2.24) is 0 Å². The highest BCUT2D eigenvalue weighted by atomic mass is 35.5. The van der Waals surface area contributed by atoms with Crippen molar-refractivity contribution >= 4 is 17.3 Å². The van der Waals surface area contributed by atoms with Crippen LogP contribution < -0.4 is 5.32 Å². The van der Waals surface area contributed by atoms with E-state index in [1.165, 1.54) is 16.8 Å². The van der Waals surface area contributed by atoms with Gasteiger partial charge in [0.15, 0.2) is 0 Å². The maximum atomic E-state index is 6.26. The third-order valence-electron chi connectivity index (χ3n) is 3.08. The fourth-order valence-corrected chi connectivity index (χ4v) is 2.52. The van der Waals surface area contributed by atoms with E-state index < -0.39 is 0 Å². The van der Waals surface area contributed by atoms with Crippen LogP contribution in [0.25, 0.3) is 0 Å². The van der Waals surface area contributed by atoms with E-state index in [9.17, 15) is 0 Å². The van der Waals surface area contributed by atoms with Gasteiger partial charge in [-0.25, -0.2) is 0 Å². The number of hydrogen-bond acceptors (Lipinski definition) is 1. The fourth-order valence-electron chi connectivity index (χ4n) is 2.38. The number of nitrogens with one attached hydrogen (secondary N) is 1. The normalized spacial score (nSPS) is 17.8. The Labute approximate surface area is 90.5 Å². The Balaban J connectivity index is 2.73. The Morgan fingerprint density at radius 2 is 2.00 bits per heavy atom. The molecule has 1 aliphatic heterocycles. The molecule has 1 nitrogen and oxygen atoms in total. The Hall–Kier alpha value is -0.690. The van der Waals surface area contributed by atoms with Crippen LogP contribution in [0.2, 0.25) is 5.02 Å². The molecule has 0 spiro atoms. The van der Waals surface area contributed by atoms with E-state index in [2.05, 4.69) is 39.1 Å². The summed E-state index contributed by atoms with van der Waals surface area (Å²) >= 11 is 6.26. The summed E-state index contributed by atoms with van der Waals surface area (Å²) in [5, 5.41) is 4.36. The molecular formula is C12H16ClN. The van der Waals surface area contributed by atoms with Crippen molar-refractivity contribution in [3.05, 3.63) is 27.8 Å². The molecule has 0 saturated heterocycles. The van der Waals surface area contributed by atoms with Crippen molar-refractivity contribution in [3.8, 4) is 0 Å². The third-order valence-corrected chi connectivity index (χ3v) is 3.66. The molecule has 0 radical (unpaired) electrons. The van der Waals surface area contributed by atoms with Gasteiger partial charge in [0.25, 0.3) is 0 Å². The van der Waals surface area contributed by atoms with Crippen molar-refractivity contribution in [1.29, 1.82) is 0 Å². The monoisotopic (exact) mass is 209 g/mol. The van der Waals surface area contributed by atoms with Crippen molar-refractivity contribution in [3.63, 3.8) is 0 Å². The smallest absolute Gasteiger partial charge is 0.0468 e.